The number of hydrogen-bond donors (Lipinski definition) is 1. The summed E-state index contributed by atoms with van der Waals surface area (Å²) in [7, 11) is 0. The van der Waals surface area contributed by atoms with Gasteiger partial charge in [-0.3, -0.25) is 4.57 Å². The fourth-order valence-electron chi connectivity index (χ4n) is 4.72. The van der Waals surface area contributed by atoms with Crippen LogP contribution in [0.25, 0.3) is 22.8 Å². The molecule has 0 spiro atoms. The quantitative estimate of drug-likeness (QED) is 0.125. The van der Waals surface area contributed by atoms with Gasteiger partial charge in [0.2, 0.25) is 0 Å². The zero-order valence-electron chi connectivity index (χ0n) is 25.8. The van der Waals surface area contributed by atoms with E-state index in [9.17, 15) is 22.0 Å². The first-order valence-corrected chi connectivity index (χ1v) is 15.9. The minimum Gasteiger partial charge on any atom is -0.426 e. The Bertz CT molecular complexity index is 1910. The van der Waals surface area contributed by atoms with E-state index in [2.05, 4.69) is 70.6 Å². The number of aryl methyl sites for hydroxylation is 1. The van der Waals surface area contributed by atoms with Crippen LogP contribution in [0, 0.1) is 6.92 Å². The maximum Gasteiger partial charge on any atom is 0.499 e. The Morgan fingerprint density at radius 2 is 1.70 bits per heavy atom. The van der Waals surface area contributed by atoms with Crippen LogP contribution in [0.1, 0.15) is 49.3 Å². The molecule has 3 aromatic carbocycles. The third-order valence-corrected chi connectivity index (χ3v) is 8.31. The van der Waals surface area contributed by atoms with Gasteiger partial charge in [0.1, 0.15) is 12.1 Å². The fraction of sp³-hybridized carbons (Fsp3) is 0.273. The zero-order chi connectivity index (χ0) is 33.9. The minimum absolute atomic E-state index is 0.105. The molecule has 2 heterocycles. The molecule has 0 aliphatic rings. The van der Waals surface area contributed by atoms with Gasteiger partial charge in [-0.15, -0.1) is 16.4 Å². The molecular formula is C33H31F5N6OS2. The van der Waals surface area contributed by atoms with Crippen molar-refractivity contribution in [1.29, 1.82) is 0 Å². The summed E-state index contributed by atoms with van der Waals surface area (Å²) in [5, 5.41) is 10.1. The van der Waals surface area contributed by atoms with Crippen LogP contribution in [0.2, 0.25) is 0 Å². The van der Waals surface area contributed by atoms with E-state index in [1.54, 1.807) is 0 Å². The molecule has 0 saturated heterocycles. The molecule has 0 amide bonds. The van der Waals surface area contributed by atoms with E-state index in [0.29, 0.717) is 29.1 Å². The second-order valence-corrected chi connectivity index (χ2v) is 12.5. The number of nitrogens with one attached hydrogen (secondary N) is 1. The number of benzene rings is 3. The molecule has 0 saturated carbocycles. The normalized spacial score (nSPS) is 13.2. The monoisotopic (exact) mass is 686 g/mol. The number of halogens is 5. The third-order valence-electron chi connectivity index (χ3n) is 7.32. The first-order valence-electron chi connectivity index (χ1n) is 14.6. The van der Waals surface area contributed by atoms with Crippen LogP contribution in [0.3, 0.4) is 0 Å². The highest BCUT2D eigenvalue weighted by Gasteiger charge is 2.61. The number of aromatic nitrogens is 4. The van der Waals surface area contributed by atoms with Gasteiger partial charge in [-0.2, -0.15) is 26.9 Å². The molecule has 0 bridgehead atoms. The van der Waals surface area contributed by atoms with Crippen molar-refractivity contribution in [2.24, 2.45) is 4.99 Å². The molecule has 2 aromatic heterocycles. The molecule has 0 aliphatic heterocycles. The van der Waals surface area contributed by atoms with E-state index in [1.165, 1.54) is 45.6 Å². The lowest BCUT2D eigenvalue weighted by Gasteiger charge is -2.20. The van der Waals surface area contributed by atoms with Gasteiger partial charge in [0, 0.05) is 23.7 Å². The standard InChI is InChI=1S/C33H31F5N6OS2/c1-20(2)27-14-5-21(3)17-28(27)43-15-16-47-31(43)41-30(46)39-18-22(4)23-6-8-24(9-7-23)29-40-19-44(42-29)25-10-12-26(13-11-25)45-33(37,38)32(34,35)36/h5-17,19-20,22H,18H2,1-4H3,(H,39,46). The SMILES string of the molecule is Cc1ccc(C(C)C)c(-n2ccsc2=NC(=S)NCC(C)c2ccc(-c3ncn(-c4ccc(OC(F)(F)C(F)(F)F)cc4)n3)cc2)c1. The second kappa shape index (κ2) is 13.7. The van der Waals surface area contributed by atoms with E-state index >= 15 is 0 Å². The maximum atomic E-state index is 13.2. The summed E-state index contributed by atoms with van der Waals surface area (Å²) in [6.07, 6.45) is -7.71. The molecule has 246 valence electrons. The van der Waals surface area contributed by atoms with Crippen LogP contribution in [-0.2, 0) is 0 Å². The number of alkyl halides is 5. The summed E-state index contributed by atoms with van der Waals surface area (Å²) in [4.78, 5) is 9.79. The molecule has 47 heavy (non-hydrogen) atoms. The third kappa shape index (κ3) is 7.93. The largest absolute Gasteiger partial charge is 0.499 e. The Kier molecular flexibility index (Phi) is 9.92. The van der Waals surface area contributed by atoms with Gasteiger partial charge in [-0.25, -0.2) is 9.67 Å². The Hall–Kier alpha value is -4.43. The van der Waals surface area contributed by atoms with Gasteiger partial charge in [0.05, 0.1) is 11.4 Å². The van der Waals surface area contributed by atoms with Gasteiger partial charge in [-0.05, 0) is 78.0 Å². The molecule has 5 aromatic rings. The van der Waals surface area contributed by atoms with Gasteiger partial charge < -0.3 is 10.1 Å². The number of rotatable bonds is 9. The summed E-state index contributed by atoms with van der Waals surface area (Å²) in [6, 6.07) is 18.7. The highest BCUT2D eigenvalue weighted by atomic mass is 32.1. The molecular weight excluding hydrogens is 656 g/mol. The number of thiocarbonyl (C=S) groups is 1. The Labute approximate surface area is 277 Å². The Balaban J connectivity index is 1.21. The predicted molar refractivity (Wildman–Crippen MR) is 175 cm³/mol. The van der Waals surface area contributed by atoms with Crippen molar-refractivity contribution in [2.45, 2.75) is 51.8 Å². The van der Waals surface area contributed by atoms with Crippen molar-refractivity contribution in [1.82, 2.24) is 24.6 Å². The molecule has 7 nitrogen and oxygen atoms in total. The highest BCUT2D eigenvalue weighted by Crippen LogP contribution is 2.37. The molecule has 0 radical (unpaired) electrons. The summed E-state index contributed by atoms with van der Waals surface area (Å²) < 4.78 is 70.9. The van der Waals surface area contributed by atoms with Gasteiger partial charge in [-0.1, -0.05) is 57.2 Å². The number of hydrogen-bond acceptors (Lipinski definition) is 5. The first-order chi connectivity index (χ1) is 22.2. The van der Waals surface area contributed by atoms with E-state index < -0.39 is 18.0 Å². The van der Waals surface area contributed by atoms with Gasteiger partial charge >= 0.3 is 12.3 Å². The van der Waals surface area contributed by atoms with Crippen LogP contribution in [-0.4, -0.2) is 43.3 Å². The smallest absolute Gasteiger partial charge is 0.426 e. The number of thiazole rings is 1. The Morgan fingerprint density at radius 1 is 1.00 bits per heavy atom. The van der Waals surface area contributed by atoms with Crippen molar-refractivity contribution in [3.63, 3.8) is 0 Å². The molecule has 14 heteroatoms. The molecule has 0 fully saturated rings. The molecule has 5 rings (SSSR count). The lowest BCUT2D eigenvalue weighted by Crippen LogP contribution is -2.41. The van der Waals surface area contributed by atoms with Gasteiger partial charge in [0.15, 0.2) is 15.7 Å². The summed E-state index contributed by atoms with van der Waals surface area (Å²) in [6.45, 7) is 9.05. The lowest BCUT2D eigenvalue weighted by atomic mass is 9.99. The van der Waals surface area contributed by atoms with Crippen LogP contribution in [0.4, 0.5) is 22.0 Å². The maximum absolute atomic E-state index is 13.2. The molecule has 0 aliphatic carbocycles. The molecule has 1 unspecified atom stereocenters. The van der Waals surface area contributed by atoms with E-state index in [-0.39, 0.29) is 5.92 Å². The summed E-state index contributed by atoms with van der Waals surface area (Å²) >= 11 is 7.09. The van der Waals surface area contributed by atoms with Crippen molar-refractivity contribution >= 4 is 28.7 Å². The van der Waals surface area contributed by atoms with E-state index in [1.807, 2.05) is 35.8 Å². The number of ether oxygens (including phenoxy) is 1. The van der Waals surface area contributed by atoms with Crippen LogP contribution >= 0.6 is 23.6 Å². The van der Waals surface area contributed by atoms with Gasteiger partial charge in [0.25, 0.3) is 0 Å². The lowest BCUT2D eigenvalue weighted by molar-refractivity contribution is -0.360. The zero-order valence-corrected chi connectivity index (χ0v) is 27.4. The second-order valence-electron chi connectivity index (χ2n) is 11.2. The molecule has 1 atom stereocenters. The fourth-order valence-corrected chi connectivity index (χ4v) is 5.67. The summed E-state index contributed by atoms with van der Waals surface area (Å²) in [5.41, 5.74) is 5.69. The summed E-state index contributed by atoms with van der Waals surface area (Å²) in [5.74, 6) is 0.227. The predicted octanol–water partition coefficient (Wildman–Crippen LogP) is 8.33. The first kappa shape index (κ1) is 33.9. The number of nitrogens with zero attached hydrogens (tertiary/aromatic N) is 5. The van der Waals surface area contributed by atoms with E-state index in [0.717, 1.165) is 33.7 Å². The minimum atomic E-state index is -5.83. The highest BCUT2D eigenvalue weighted by molar-refractivity contribution is 7.80. The van der Waals surface area contributed by atoms with Crippen molar-refractivity contribution in [2.75, 3.05) is 6.54 Å². The van der Waals surface area contributed by atoms with Crippen molar-refractivity contribution < 1.29 is 26.7 Å². The van der Waals surface area contributed by atoms with Crippen LogP contribution < -0.4 is 14.9 Å². The average molecular weight is 687 g/mol. The average Bonchev–Trinajstić information content (AvgIpc) is 3.70. The van der Waals surface area contributed by atoms with Crippen LogP contribution in [0.15, 0.2) is 89.6 Å². The molecule has 1 N–H and O–H groups in total. The van der Waals surface area contributed by atoms with Crippen molar-refractivity contribution in [3.05, 3.63) is 106 Å². The topological polar surface area (TPSA) is 69.3 Å². The van der Waals surface area contributed by atoms with E-state index in [4.69, 9.17) is 17.2 Å². The Morgan fingerprint density at radius 3 is 2.36 bits per heavy atom. The van der Waals surface area contributed by atoms with Crippen molar-refractivity contribution in [3.8, 4) is 28.5 Å². The van der Waals surface area contributed by atoms with Crippen LogP contribution in [0.5, 0.6) is 5.75 Å².